The van der Waals surface area contributed by atoms with E-state index in [9.17, 15) is 10.1 Å². The molecule has 0 unspecified atom stereocenters. The molecule has 5 nitrogen and oxygen atoms in total. The number of halogens is 1. The van der Waals surface area contributed by atoms with E-state index in [1.807, 2.05) is 24.3 Å². The van der Waals surface area contributed by atoms with E-state index < -0.39 is 4.92 Å². The van der Waals surface area contributed by atoms with Gasteiger partial charge in [-0.25, -0.2) is 0 Å². The Hall–Kier alpha value is -1.92. The molecule has 0 spiro atoms. The van der Waals surface area contributed by atoms with E-state index in [1.54, 1.807) is 0 Å². The minimum Gasteiger partial charge on any atom is -0.482 e. The second-order valence-electron chi connectivity index (χ2n) is 4.14. The minimum atomic E-state index is -0.503. The molecule has 0 atom stereocenters. The van der Waals surface area contributed by atoms with Gasteiger partial charge in [0.2, 0.25) is 0 Å². The quantitative estimate of drug-likeness (QED) is 0.670. The third-order valence-corrected chi connectivity index (χ3v) is 3.18. The molecule has 0 aliphatic rings. The number of nitro benzene ring substituents is 1. The molecule has 2 aromatic carbocycles. The van der Waals surface area contributed by atoms with Crippen molar-refractivity contribution in [2.24, 2.45) is 0 Å². The van der Waals surface area contributed by atoms with Crippen molar-refractivity contribution in [1.29, 1.82) is 0 Å². The molecule has 0 aliphatic carbocycles. The maximum atomic E-state index is 10.9. The van der Waals surface area contributed by atoms with Gasteiger partial charge in [0.1, 0.15) is 6.61 Å². The number of hydrogen-bond acceptors (Lipinski definition) is 4. The first-order chi connectivity index (χ1) is 9.60. The first kappa shape index (κ1) is 14.5. The summed E-state index contributed by atoms with van der Waals surface area (Å²) in [5.74, 6) is 0.154. The number of aliphatic hydroxyl groups excluding tert-OH is 1. The molecule has 0 bridgehead atoms. The van der Waals surface area contributed by atoms with Crippen molar-refractivity contribution in [3.8, 4) is 5.75 Å². The van der Waals surface area contributed by atoms with E-state index in [-0.39, 0.29) is 24.7 Å². The lowest BCUT2D eigenvalue weighted by molar-refractivity contribution is -0.386. The summed E-state index contributed by atoms with van der Waals surface area (Å²) in [7, 11) is 0. The predicted octanol–water partition coefficient (Wildman–Crippen LogP) is 3.43. The molecule has 6 heteroatoms. The highest BCUT2D eigenvalue weighted by molar-refractivity contribution is 9.10. The highest BCUT2D eigenvalue weighted by atomic mass is 79.9. The van der Waals surface area contributed by atoms with Crippen molar-refractivity contribution in [2.75, 3.05) is 0 Å². The van der Waals surface area contributed by atoms with E-state index in [0.717, 1.165) is 10.0 Å². The average Bonchev–Trinajstić information content (AvgIpc) is 2.44. The molecule has 0 aromatic heterocycles. The molecule has 0 fully saturated rings. The third-order valence-electron chi connectivity index (χ3n) is 2.69. The molecule has 0 saturated heterocycles. The van der Waals surface area contributed by atoms with E-state index >= 15 is 0 Å². The van der Waals surface area contributed by atoms with Gasteiger partial charge in [-0.1, -0.05) is 28.1 Å². The van der Waals surface area contributed by atoms with Crippen molar-refractivity contribution in [3.05, 3.63) is 68.2 Å². The molecule has 104 valence electrons. The van der Waals surface area contributed by atoms with Gasteiger partial charge in [0.25, 0.3) is 0 Å². The van der Waals surface area contributed by atoms with Crippen molar-refractivity contribution in [1.82, 2.24) is 0 Å². The molecular formula is C14H12BrNO4. The summed E-state index contributed by atoms with van der Waals surface area (Å²) in [5.41, 5.74) is 1.35. The Labute approximate surface area is 124 Å². The van der Waals surface area contributed by atoms with Crippen LogP contribution in [0.4, 0.5) is 5.69 Å². The lowest BCUT2D eigenvalue weighted by Crippen LogP contribution is -2.00. The van der Waals surface area contributed by atoms with Crippen LogP contribution in [-0.4, -0.2) is 10.0 Å². The first-order valence-corrected chi connectivity index (χ1v) is 6.65. The highest BCUT2D eigenvalue weighted by Crippen LogP contribution is 2.29. The zero-order valence-electron chi connectivity index (χ0n) is 10.5. The molecular weight excluding hydrogens is 326 g/mol. The molecule has 0 saturated carbocycles. The Bertz CT molecular complexity index is 630. The van der Waals surface area contributed by atoms with Crippen LogP contribution in [-0.2, 0) is 13.2 Å². The summed E-state index contributed by atoms with van der Waals surface area (Å²) in [6, 6.07) is 11.8. The van der Waals surface area contributed by atoms with E-state index in [1.165, 1.54) is 18.2 Å². The Morgan fingerprint density at radius 1 is 1.20 bits per heavy atom. The standard InChI is InChI=1S/C14H12BrNO4/c15-12-3-1-2-11(6-12)9-20-14-7-10(8-17)4-5-13(14)16(18)19/h1-7,17H,8-9H2. The number of nitrogens with zero attached hydrogens (tertiary/aromatic N) is 1. The normalized spacial score (nSPS) is 10.3. The van der Waals surface area contributed by atoms with Gasteiger partial charge >= 0.3 is 5.69 Å². The van der Waals surface area contributed by atoms with Gasteiger partial charge in [-0.2, -0.15) is 0 Å². The van der Waals surface area contributed by atoms with Crippen LogP contribution in [0.5, 0.6) is 5.75 Å². The van der Waals surface area contributed by atoms with Crippen LogP contribution in [0.25, 0.3) is 0 Å². The summed E-state index contributed by atoms with van der Waals surface area (Å²) in [4.78, 5) is 10.4. The fourth-order valence-electron chi connectivity index (χ4n) is 1.71. The number of nitro groups is 1. The van der Waals surface area contributed by atoms with Gasteiger partial charge in [-0.15, -0.1) is 0 Å². The SMILES string of the molecule is O=[N+]([O-])c1ccc(CO)cc1OCc1cccc(Br)c1. The number of hydrogen-bond donors (Lipinski definition) is 1. The number of aliphatic hydroxyl groups is 1. The largest absolute Gasteiger partial charge is 0.482 e. The maximum Gasteiger partial charge on any atom is 0.310 e. The van der Waals surface area contributed by atoms with Crippen LogP contribution in [0.1, 0.15) is 11.1 Å². The molecule has 2 aromatic rings. The first-order valence-electron chi connectivity index (χ1n) is 5.85. The zero-order valence-corrected chi connectivity index (χ0v) is 12.0. The van der Waals surface area contributed by atoms with Gasteiger partial charge in [-0.05, 0) is 35.4 Å². The van der Waals surface area contributed by atoms with E-state index in [4.69, 9.17) is 9.84 Å². The van der Waals surface area contributed by atoms with Crippen LogP contribution in [0.2, 0.25) is 0 Å². The predicted molar refractivity (Wildman–Crippen MR) is 77.5 cm³/mol. The average molecular weight is 338 g/mol. The smallest absolute Gasteiger partial charge is 0.310 e. The number of rotatable bonds is 5. The van der Waals surface area contributed by atoms with Crippen molar-refractivity contribution < 1.29 is 14.8 Å². The Morgan fingerprint density at radius 2 is 2.00 bits per heavy atom. The summed E-state index contributed by atoms with van der Waals surface area (Å²) >= 11 is 3.35. The molecule has 0 heterocycles. The van der Waals surface area contributed by atoms with Gasteiger partial charge < -0.3 is 9.84 Å². The van der Waals surface area contributed by atoms with Gasteiger partial charge in [0, 0.05) is 10.5 Å². The molecule has 0 radical (unpaired) electrons. The van der Waals surface area contributed by atoms with E-state index in [2.05, 4.69) is 15.9 Å². The summed E-state index contributed by atoms with van der Waals surface area (Å²) in [6.45, 7) is 0.0282. The van der Waals surface area contributed by atoms with Gasteiger partial charge in [0.15, 0.2) is 5.75 Å². The summed E-state index contributed by atoms with van der Waals surface area (Å²) in [5, 5.41) is 20.0. The van der Waals surface area contributed by atoms with Crippen molar-refractivity contribution in [2.45, 2.75) is 13.2 Å². The van der Waals surface area contributed by atoms with Gasteiger partial charge in [-0.3, -0.25) is 10.1 Å². The van der Waals surface area contributed by atoms with E-state index in [0.29, 0.717) is 5.56 Å². The Morgan fingerprint density at radius 3 is 2.65 bits per heavy atom. The highest BCUT2D eigenvalue weighted by Gasteiger charge is 2.15. The Kier molecular flexibility index (Phi) is 4.70. The maximum absolute atomic E-state index is 10.9. The minimum absolute atomic E-state index is 0.114. The van der Waals surface area contributed by atoms with Crippen LogP contribution < -0.4 is 4.74 Å². The van der Waals surface area contributed by atoms with Crippen molar-refractivity contribution in [3.63, 3.8) is 0 Å². The molecule has 1 N–H and O–H groups in total. The molecule has 0 amide bonds. The zero-order chi connectivity index (χ0) is 14.5. The summed E-state index contributed by atoms with van der Waals surface area (Å²) in [6.07, 6.45) is 0. The molecule has 2 rings (SSSR count). The Balaban J connectivity index is 2.21. The number of benzene rings is 2. The van der Waals surface area contributed by atoms with Crippen molar-refractivity contribution >= 4 is 21.6 Å². The van der Waals surface area contributed by atoms with Gasteiger partial charge in [0.05, 0.1) is 11.5 Å². The number of ether oxygens (including phenoxy) is 1. The fourth-order valence-corrected chi connectivity index (χ4v) is 2.16. The fraction of sp³-hybridized carbons (Fsp3) is 0.143. The van der Waals surface area contributed by atoms with Crippen LogP contribution in [0.15, 0.2) is 46.9 Å². The second-order valence-corrected chi connectivity index (χ2v) is 5.05. The van der Waals surface area contributed by atoms with Crippen LogP contribution in [0.3, 0.4) is 0 Å². The van der Waals surface area contributed by atoms with Crippen LogP contribution >= 0.6 is 15.9 Å². The topological polar surface area (TPSA) is 72.6 Å². The lowest BCUT2D eigenvalue weighted by Gasteiger charge is -2.08. The van der Waals surface area contributed by atoms with Crippen LogP contribution in [0, 0.1) is 10.1 Å². The monoisotopic (exact) mass is 337 g/mol. The molecule has 20 heavy (non-hydrogen) atoms. The third kappa shape index (κ3) is 3.55. The lowest BCUT2D eigenvalue weighted by atomic mass is 10.2. The summed E-state index contributed by atoms with van der Waals surface area (Å²) < 4.78 is 6.42. The molecule has 0 aliphatic heterocycles. The second kappa shape index (κ2) is 6.49.